The predicted molar refractivity (Wildman–Crippen MR) is 125 cm³/mol. The molecule has 8 nitrogen and oxygen atoms in total. The van der Waals surface area contributed by atoms with Crippen LogP contribution in [0.3, 0.4) is 0 Å². The zero-order chi connectivity index (χ0) is 24.0. The maximum absolute atomic E-state index is 10.8. The van der Waals surface area contributed by atoms with Gasteiger partial charge in [0.05, 0.1) is 18.6 Å². The van der Waals surface area contributed by atoms with E-state index in [1.807, 2.05) is 62.4 Å². The number of aromatic nitrogens is 4. The van der Waals surface area contributed by atoms with Crippen molar-refractivity contribution in [3.05, 3.63) is 88.8 Å². The number of nitrogens with zero attached hydrogens (tertiary/aromatic N) is 4. The van der Waals surface area contributed by atoms with Gasteiger partial charge >= 0.3 is 5.97 Å². The van der Waals surface area contributed by atoms with Crippen LogP contribution in [0, 0.1) is 13.8 Å². The van der Waals surface area contributed by atoms with Crippen LogP contribution in [0.2, 0.25) is 0 Å². The highest BCUT2D eigenvalue weighted by atomic mass is 16.4. The lowest BCUT2D eigenvalue weighted by Gasteiger charge is -2.15. The van der Waals surface area contributed by atoms with Gasteiger partial charge in [0.25, 0.3) is 0 Å². The topological polar surface area (TPSA) is 121 Å². The van der Waals surface area contributed by atoms with Gasteiger partial charge in [-0.2, -0.15) is 0 Å². The van der Waals surface area contributed by atoms with E-state index >= 15 is 0 Å². The lowest BCUT2D eigenvalue weighted by Crippen LogP contribution is -2.19. The van der Waals surface area contributed by atoms with Crippen LogP contribution in [0.5, 0.6) is 0 Å². The minimum Gasteiger partial charge on any atom is -0.481 e. The van der Waals surface area contributed by atoms with Gasteiger partial charge in [-0.05, 0) is 41.0 Å². The van der Waals surface area contributed by atoms with Crippen molar-refractivity contribution in [2.75, 3.05) is 0 Å². The maximum Gasteiger partial charge on any atom is 0.305 e. The minimum atomic E-state index is -1.15. The molecule has 0 unspecified atom stereocenters. The van der Waals surface area contributed by atoms with Gasteiger partial charge in [0, 0.05) is 19.0 Å². The smallest absolute Gasteiger partial charge is 0.305 e. The van der Waals surface area contributed by atoms with Crippen molar-refractivity contribution >= 4 is 17.1 Å². The molecule has 3 N–H and O–H groups in total. The van der Waals surface area contributed by atoms with Gasteiger partial charge in [0.2, 0.25) is 0 Å². The Bertz CT molecular complexity index is 1100. The average Bonchev–Trinajstić information content (AvgIpc) is 3.18. The molecule has 0 saturated heterocycles. The summed E-state index contributed by atoms with van der Waals surface area (Å²) in [4.78, 5) is 10.8. The number of aliphatic hydroxyl groups is 2. The molecule has 8 heteroatoms. The van der Waals surface area contributed by atoms with Crippen molar-refractivity contribution in [3.8, 4) is 0 Å². The van der Waals surface area contributed by atoms with E-state index in [0.29, 0.717) is 11.4 Å². The molecule has 0 aliphatic rings. The van der Waals surface area contributed by atoms with Gasteiger partial charge in [-0.15, -0.1) is 5.10 Å². The lowest BCUT2D eigenvalue weighted by atomic mass is 9.91. The second-order valence-corrected chi connectivity index (χ2v) is 8.06. The predicted octanol–water partition coefficient (Wildman–Crippen LogP) is 2.93. The van der Waals surface area contributed by atoms with E-state index in [-0.39, 0.29) is 6.42 Å². The first kappa shape index (κ1) is 24.0. The molecule has 33 heavy (non-hydrogen) atoms. The number of hydrogen-bond donors (Lipinski definition) is 3. The highest BCUT2D eigenvalue weighted by Gasteiger charge is 2.18. The normalized spacial score (nSPS) is 13.1. The summed E-state index contributed by atoms with van der Waals surface area (Å²) in [6, 6.07) is 16.2. The Morgan fingerprint density at radius 1 is 1.00 bits per heavy atom. The van der Waals surface area contributed by atoms with E-state index in [1.54, 1.807) is 17.8 Å². The molecule has 2 atom stereocenters. The van der Waals surface area contributed by atoms with Gasteiger partial charge < -0.3 is 15.3 Å². The summed E-state index contributed by atoms with van der Waals surface area (Å²) in [5.74, 6) is -0.619. The molecule has 0 fully saturated rings. The number of aliphatic hydroxyl groups excluding tert-OH is 2. The third-order valence-corrected chi connectivity index (χ3v) is 5.22. The van der Waals surface area contributed by atoms with E-state index in [1.165, 1.54) is 6.08 Å². The summed E-state index contributed by atoms with van der Waals surface area (Å²) in [5, 5.41) is 41.1. The van der Waals surface area contributed by atoms with Gasteiger partial charge in [-0.25, -0.2) is 4.68 Å². The van der Waals surface area contributed by atoms with Crippen LogP contribution >= 0.6 is 0 Å². The van der Waals surface area contributed by atoms with Crippen LogP contribution < -0.4 is 0 Å². The number of aryl methyl sites for hydroxylation is 3. The maximum atomic E-state index is 10.8. The summed E-state index contributed by atoms with van der Waals surface area (Å²) >= 11 is 0. The molecule has 2 aromatic carbocycles. The molecule has 0 amide bonds. The Morgan fingerprint density at radius 2 is 1.55 bits per heavy atom. The van der Waals surface area contributed by atoms with E-state index in [9.17, 15) is 15.0 Å². The number of allylic oxidation sites excluding steroid dienone is 2. The number of carboxylic acids is 1. The summed E-state index contributed by atoms with van der Waals surface area (Å²) in [7, 11) is 1.73. The van der Waals surface area contributed by atoms with Crippen molar-refractivity contribution in [3.63, 3.8) is 0 Å². The van der Waals surface area contributed by atoms with Crippen molar-refractivity contribution < 1.29 is 20.1 Å². The third-order valence-electron chi connectivity index (χ3n) is 5.22. The first-order chi connectivity index (χ1) is 15.7. The molecular weight excluding hydrogens is 420 g/mol. The first-order valence-corrected chi connectivity index (χ1v) is 10.6. The first-order valence-electron chi connectivity index (χ1n) is 10.6. The number of rotatable bonds is 9. The Kier molecular flexibility index (Phi) is 7.87. The molecule has 3 aromatic rings. The number of carbonyl (C=O) groups is 1. The Labute approximate surface area is 192 Å². The van der Waals surface area contributed by atoms with Crippen LogP contribution in [-0.2, 0) is 11.8 Å². The van der Waals surface area contributed by atoms with Crippen LogP contribution in [0.4, 0.5) is 0 Å². The Morgan fingerprint density at radius 3 is 2.00 bits per heavy atom. The lowest BCUT2D eigenvalue weighted by molar-refractivity contribution is -0.139. The van der Waals surface area contributed by atoms with Gasteiger partial charge in [0.1, 0.15) is 0 Å². The van der Waals surface area contributed by atoms with Crippen molar-refractivity contribution in [1.29, 1.82) is 0 Å². The number of aliphatic carboxylic acids is 1. The molecule has 0 aliphatic carbocycles. The van der Waals surface area contributed by atoms with E-state index < -0.39 is 24.6 Å². The minimum absolute atomic E-state index is 0.0997. The van der Waals surface area contributed by atoms with Crippen LogP contribution in [0.25, 0.3) is 11.1 Å². The quantitative estimate of drug-likeness (QED) is 0.430. The van der Waals surface area contributed by atoms with Crippen molar-refractivity contribution in [2.24, 2.45) is 7.05 Å². The average molecular weight is 449 g/mol. The summed E-state index contributed by atoms with van der Waals surface area (Å²) in [6.07, 6.45) is 0.514. The second kappa shape index (κ2) is 10.8. The molecule has 3 rings (SSSR count). The van der Waals surface area contributed by atoms with Crippen LogP contribution in [-0.4, -0.2) is 53.7 Å². The van der Waals surface area contributed by atoms with E-state index in [2.05, 4.69) is 15.5 Å². The summed E-state index contributed by atoms with van der Waals surface area (Å²) < 4.78 is 1.55. The fraction of sp³-hybridized carbons (Fsp3) is 0.280. The number of tetrazole rings is 1. The number of hydrogen-bond acceptors (Lipinski definition) is 6. The van der Waals surface area contributed by atoms with Gasteiger partial charge in [0.15, 0.2) is 5.82 Å². The largest absolute Gasteiger partial charge is 0.481 e. The molecule has 172 valence electrons. The SMILES string of the molecule is Cc1ccc(C(=C(/C=C/[C@@H](O)C[C@@H](O)CC(=O)O)c2nnnn2C)c2ccc(C)cc2)cc1. The van der Waals surface area contributed by atoms with Crippen LogP contribution in [0.15, 0.2) is 60.7 Å². The van der Waals surface area contributed by atoms with E-state index in [4.69, 9.17) is 5.11 Å². The monoisotopic (exact) mass is 448 g/mol. The molecule has 0 spiro atoms. The molecule has 1 heterocycles. The summed E-state index contributed by atoms with van der Waals surface area (Å²) in [6.45, 7) is 4.04. The molecule has 0 aliphatic heterocycles. The molecular formula is C25H28N4O4. The molecule has 0 radical (unpaired) electrons. The fourth-order valence-electron chi connectivity index (χ4n) is 3.49. The van der Waals surface area contributed by atoms with E-state index in [0.717, 1.165) is 27.8 Å². The van der Waals surface area contributed by atoms with Gasteiger partial charge in [-0.1, -0.05) is 71.8 Å². The zero-order valence-electron chi connectivity index (χ0n) is 18.9. The standard InChI is InChI=1S/C25H28N4O4/c1-16-4-8-18(9-5-16)24(19-10-6-17(2)7-11-19)22(25-26-27-28-29(25)3)13-12-20(30)14-21(31)15-23(32)33/h4-13,20-21,30-31H,14-15H2,1-3H3,(H,32,33)/b13-12+/t20-,21-/m1/s1. The zero-order valence-corrected chi connectivity index (χ0v) is 18.9. The Hall–Kier alpha value is -3.62. The number of benzene rings is 2. The second-order valence-electron chi connectivity index (χ2n) is 8.06. The molecule has 0 saturated carbocycles. The summed E-state index contributed by atoms with van der Waals surface area (Å²) in [5.41, 5.74) is 5.72. The third kappa shape index (κ3) is 6.44. The van der Waals surface area contributed by atoms with Crippen LogP contribution in [0.1, 0.15) is 40.9 Å². The van der Waals surface area contributed by atoms with Crippen molar-refractivity contribution in [1.82, 2.24) is 20.2 Å². The Balaban J connectivity index is 2.13. The number of carboxylic acid groups (broad SMARTS) is 1. The molecule has 1 aromatic heterocycles. The van der Waals surface area contributed by atoms with Crippen molar-refractivity contribution in [2.45, 2.75) is 38.9 Å². The van der Waals surface area contributed by atoms with Gasteiger partial charge in [-0.3, -0.25) is 4.79 Å². The highest BCUT2D eigenvalue weighted by molar-refractivity contribution is 6.00. The highest BCUT2D eigenvalue weighted by Crippen LogP contribution is 2.33. The molecule has 0 bridgehead atoms. The fourth-order valence-corrected chi connectivity index (χ4v) is 3.49.